The Kier molecular flexibility index (Phi) is 6.83. The molecular weight excluding hydrogens is 374 g/mol. The summed E-state index contributed by atoms with van der Waals surface area (Å²) in [6.45, 7) is 1.31. The summed E-state index contributed by atoms with van der Waals surface area (Å²) in [6.07, 6.45) is 6.33. The van der Waals surface area contributed by atoms with Gasteiger partial charge in [0.05, 0.1) is 19.0 Å². The second-order valence-electron chi connectivity index (χ2n) is 7.71. The molecule has 27 heavy (non-hydrogen) atoms. The number of nitrogens with one attached hydrogen (secondary N) is 2. The molecule has 3 rings (SSSR count). The summed E-state index contributed by atoms with van der Waals surface area (Å²) in [5.41, 5.74) is 0.720. The Bertz CT molecular complexity index is 716. The van der Waals surface area contributed by atoms with Crippen LogP contribution in [0.4, 0.5) is 8.78 Å². The minimum atomic E-state index is -3.25. The lowest BCUT2D eigenvalue weighted by Gasteiger charge is -2.35. The number of rotatable bonds is 6. The Morgan fingerprint density at radius 3 is 2.41 bits per heavy atom. The molecule has 2 aliphatic rings. The van der Waals surface area contributed by atoms with Crippen LogP contribution in [0.25, 0.3) is 0 Å². The van der Waals surface area contributed by atoms with Gasteiger partial charge in [-0.3, -0.25) is 0 Å². The number of ether oxygens (including phenoxy) is 1. The van der Waals surface area contributed by atoms with Gasteiger partial charge in [0.15, 0.2) is 0 Å². The topological polar surface area (TPSA) is 67.4 Å². The van der Waals surface area contributed by atoms with E-state index in [1.54, 1.807) is 0 Å². The molecule has 1 aromatic carbocycles. The molecule has 2 fully saturated rings. The summed E-state index contributed by atoms with van der Waals surface area (Å²) in [4.78, 5) is 0. The van der Waals surface area contributed by atoms with Gasteiger partial charge in [-0.25, -0.2) is 21.9 Å². The quantitative estimate of drug-likeness (QED) is 0.768. The first-order chi connectivity index (χ1) is 12.8. The first-order valence-corrected chi connectivity index (χ1v) is 11.5. The van der Waals surface area contributed by atoms with Crippen molar-refractivity contribution in [2.75, 3.05) is 19.4 Å². The predicted molar refractivity (Wildman–Crippen MR) is 100 cm³/mol. The molecule has 0 amide bonds. The van der Waals surface area contributed by atoms with Crippen LogP contribution in [-0.2, 0) is 14.8 Å². The average molecular weight is 403 g/mol. The van der Waals surface area contributed by atoms with Gasteiger partial charge in [0.2, 0.25) is 10.0 Å². The van der Waals surface area contributed by atoms with Crippen molar-refractivity contribution in [1.82, 2.24) is 10.0 Å². The molecule has 8 heteroatoms. The van der Waals surface area contributed by atoms with E-state index in [1.165, 1.54) is 18.4 Å². The van der Waals surface area contributed by atoms with Crippen LogP contribution >= 0.6 is 0 Å². The molecule has 0 bridgehead atoms. The maximum Gasteiger partial charge on any atom is 0.209 e. The monoisotopic (exact) mass is 402 g/mol. The van der Waals surface area contributed by atoms with Gasteiger partial charge in [0, 0.05) is 18.2 Å². The Morgan fingerprint density at radius 2 is 1.78 bits per heavy atom. The Labute approximate surface area is 159 Å². The molecule has 1 saturated carbocycles. The largest absolute Gasteiger partial charge is 0.377 e. The Balaban J connectivity index is 1.48. The third kappa shape index (κ3) is 6.20. The molecule has 1 aliphatic heterocycles. The number of sulfonamides is 1. The fourth-order valence-corrected chi connectivity index (χ4v) is 4.99. The summed E-state index contributed by atoms with van der Waals surface area (Å²) in [7, 11) is -3.25. The molecular formula is C19H28F2N2O3S. The normalized spacial score (nSPS) is 29.6. The highest BCUT2D eigenvalue weighted by atomic mass is 32.2. The highest BCUT2D eigenvalue weighted by molar-refractivity contribution is 7.88. The van der Waals surface area contributed by atoms with Crippen LogP contribution in [0.3, 0.4) is 0 Å². The van der Waals surface area contributed by atoms with E-state index in [4.69, 9.17) is 4.74 Å². The molecule has 0 spiro atoms. The lowest BCUT2D eigenvalue weighted by atomic mass is 9.82. The second kappa shape index (κ2) is 8.94. The predicted octanol–water partition coefficient (Wildman–Crippen LogP) is 2.68. The Hall–Kier alpha value is -1.09. The van der Waals surface area contributed by atoms with Crippen LogP contribution in [0, 0.1) is 11.6 Å². The lowest BCUT2D eigenvalue weighted by Crippen LogP contribution is -2.55. The number of benzene rings is 1. The average Bonchev–Trinajstić information content (AvgIpc) is 2.59. The zero-order valence-electron chi connectivity index (χ0n) is 15.6. The molecule has 0 unspecified atom stereocenters. The summed E-state index contributed by atoms with van der Waals surface area (Å²) in [6, 6.07) is 3.55. The zero-order chi connectivity index (χ0) is 19.4. The molecule has 1 heterocycles. The number of hydrogen-bond donors (Lipinski definition) is 2. The van der Waals surface area contributed by atoms with E-state index in [9.17, 15) is 17.2 Å². The van der Waals surface area contributed by atoms with Crippen LogP contribution in [0.2, 0.25) is 0 Å². The van der Waals surface area contributed by atoms with Crippen LogP contribution < -0.4 is 10.0 Å². The first kappa shape index (κ1) is 20.6. The van der Waals surface area contributed by atoms with Crippen molar-refractivity contribution in [3.05, 3.63) is 35.4 Å². The van der Waals surface area contributed by atoms with Gasteiger partial charge >= 0.3 is 0 Å². The summed E-state index contributed by atoms with van der Waals surface area (Å²) < 4.78 is 58.7. The van der Waals surface area contributed by atoms with Crippen molar-refractivity contribution in [2.45, 2.75) is 62.6 Å². The second-order valence-corrected chi connectivity index (χ2v) is 9.49. The van der Waals surface area contributed by atoms with Crippen molar-refractivity contribution in [3.8, 4) is 0 Å². The summed E-state index contributed by atoms with van der Waals surface area (Å²) in [5, 5.41) is 3.34. The maximum atomic E-state index is 13.4. The third-order valence-corrected chi connectivity index (χ3v) is 6.22. The standard InChI is InChI=1S/C19H28F2N2O3S/c1-27(24,25)23-18-3-2-8-22-19(18)12-26-17-6-4-13(5-7-17)14-9-15(20)11-16(21)10-14/h9-11,13,17-19,22-23H,2-8,12H2,1H3/t13-,17+,18-,19-/m0/s1. The zero-order valence-corrected chi connectivity index (χ0v) is 16.4. The number of piperidine rings is 1. The summed E-state index contributed by atoms with van der Waals surface area (Å²) in [5.74, 6) is -0.908. The molecule has 0 aromatic heterocycles. The minimum Gasteiger partial charge on any atom is -0.377 e. The van der Waals surface area contributed by atoms with E-state index in [-0.39, 0.29) is 24.1 Å². The Morgan fingerprint density at radius 1 is 1.11 bits per heavy atom. The van der Waals surface area contributed by atoms with Crippen LogP contribution in [0.15, 0.2) is 18.2 Å². The fraction of sp³-hybridized carbons (Fsp3) is 0.684. The minimum absolute atomic E-state index is 0.0384. The molecule has 0 radical (unpaired) electrons. The van der Waals surface area contributed by atoms with Crippen molar-refractivity contribution in [1.29, 1.82) is 0 Å². The van der Waals surface area contributed by atoms with E-state index < -0.39 is 21.7 Å². The van der Waals surface area contributed by atoms with E-state index in [0.29, 0.717) is 6.61 Å². The van der Waals surface area contributed by atoms with Crippen molar-refractivity contribution < 1.29 is 21.9 Å². The molecule has 152 valence electrons. The van der Waals surface area contributed by atoms with Gasteiger partial charge in [-0.15, -0.1) is 0 Å². The van der Waals surface area contributed by atoms with Crippen LogP contribution in [-0.4, -0.2) is 46.0 Å². The van der Waals surface area contributed by atoms with Gasteiger partial charge < -0.3 is 10.1 Å². The van der Waals surface area contributed by atoms with Crippen molar-refractivity contribution in [3.63, 3.8) is 0 Å². The highest BCUT2D eigenvalue weighted by Crippen LogP contribution is 2.34. The van der Waals surface area contributed by atoms with Gasteiger partial charge in [-0.05, 0) is 68.7 Å². The van der Waals surface area contributed by atoms with Crippen LogP contribution in [0.1, 0.15) is 50.0 Å². The van der Waals surface area contributed by atoms with E-state index >= 15 is 0 Å². The van der Waals surface area contributed by atoms with E-state index in [1.807, 2.05) is 0 Å². The van der Waals surface area contributed by atoms with Gasteiger partial charge in [-0.2, -0.15) is 0 Å². The fourth-order valence-electron chi connectivity index (χ4n) is 4.16. The number of halogens is 2. The number of hydrogen-bond acceptors (Lipinski definition) is 4. The molecule has 5 nitrogen and oxygen atoms in total. The molecule has 2 atom stereocenters. The van der Waals surface area contributed by atoms with Gasteiger partial charge in [0.25, 0.3) is 0 Å². The molecule has 1 saturated heterocycles. The van der Waals surface area contributed by atoms with Crippen LogP contribution in [0.5, 0.6) is 0 Å². The smallest absolute Gasteiger partial charge is 0.209 e. The van der Waals surface area contributed by atoms with Crippen molar-refractivity contribution in [2.24, 2.45) is 0 Å². The molecule has 1 aliphatic carbocycles. The van der Waals surface area contributed by atoms with Crippen molar-refractivity contribution >= 4 is 10.0 Å². The molecule has 2 N–H and O–H groups in total. The molecule has 1 aromatic rings. The summed E-state index contributed by atoms with van der Waals surface area (Å²) >= 11 is 0. The van der Waals surface area contributed by atoms with E-state index in [2.05, 4.69) is 10.0 Å². The van der Waals surface area contributed by atoms with Gasteiger partial charge in [-0.1, -0.05) is 0 Å². The first-order valence-electron chi connectivity index (χ1n) is 9.58. The highest BCUT2D eigenvalue weighted by Gasteiger charge is 2.29. The lowest BCUT2D eigenvalue weighted by molar-refractivity contribution is 0.00522. The third-order valence-electron chi connectivity index (χ3n) is 5.49. The SMILES string of the molecule is CS(=O)(=O)N[C@H]1CCCN[C@H]1CO[C@H]1CC[C@@H](c2cc(F)cc(F)c2)CC1. The maximum absolute atomic E-state index is 13.4. The van der Waals surface area contributed by atoms with E-state index in [0.717, 1.165) is 56.7 Å². The van der Waals surface area contributed by atoms with Gasteiger partial charge in [0.1, 0.15) is 11.6 Å².